The molecule has 1 saturated heterocycles. The fraction of sp³-hybridized carbons (Fsp3) is 0.455. The van der Waals surface area contributed by atoms with E-state index in [1.807, 2.05) is 17.0 Å². The number of nitrogens with zero attached hydrogens (tertiary/aromatic N) is 2. The summed E-state index contributed by atoms with van der Waals surface area (Å²) >= 11 is 6.03. The van der Waals surface area contributed by atoms with E-state index in [2.05, 4.69) is 4.98 Å². The molecule has 80 valence electrons. The molecule has 15 heavy (non-hydrogen) atoms. The Morgan fingerprint density at radius 3 is 3.13 bits per heavy atom. The van der Waals surface area contributed by atoms with Crippen molar-refractivity contribution in [2.75, 3.05) is 6.54 Å². The van der Waals surface area contributed by atoms with Crippen LogP contribution in [0.3, 0.4) is 0 Å². The van der Waals surface area contributed by atoms with E-state index in [4.69, 9.17) is 11.6 Å². The molecule has 0 spiro atoms. The van der Waals surface area contributed by atoms with Crippen LogP contribution in [0.2, 0.25) is 5.15 Å². The minimum Gasteiger partial charge on any atom is -0.336 e. The average molecular weight is 225 g/mol. The van der Waals surface area contributed by atoms with Crippen molar-refractivity contribution in [3.63, 3.8) is 0 Å². The summed E-state index contributed by atoms with van der Waals surface area (Å²) < 4.78 is 0. The third-order valence-corrected chi connectivity index (χ3v) is 3.12. The Bertz CT molecular complexity index is 381. The van der Waals surface area contributed by atoms with Crippen molar-refractivity contribution < 1.29 is 4.79 Å². The standard InChI is InChI=1S/C11H13ClN2O/c1-8(15)14-7-3-5-10(14)9-4-2-6-13-11(9)12/h2,4,6,10H,3,5,7H2,1H3/t10-/m0/s1. The number of halogens is 1. The average Bonchev–Trinajstić information content (AvgIpc) is 2.67. The smallest absolute Gasteiger partial charge is 0.219 e. The van der Waals surface area contributed by atoms with Gasteiger partial charge in [0.25, 0.3) is 0 Å². The molecule has 1 aromatic heterocycles. The van der Waals surface area contributed by atoms with Crippen LogP contribution in [0.15, 0.2) is 18.3 Å². The van der Waals surface area contributed by atoms with E-state index < -0.39 is 0 Å². The molecule has 1 aliphatic heterocycles. The van der Waals surface area contributed by atoms with Crippen LogP contribution in [0.1, 0.15) is 31.4 Å². The van der Waals surface area contributed by atoms with Gasteiger partial charge in [-0.15, -0.1) is 0 Å². The summed E-state index contributed by atoms with van der Waals surface area (Å²) in [5, 5.41) is 0.510. The van der Waals surface area contributed by atoms with E-state index in [-0.39, 0.29) is 11.9 Å². The van der Waals surface area contributed by atoms with Crippen LogP contribution in [0.4, 0.5) is 0 Å². The van der Waals surface area contributed by atoms with Crippen molar-refractivity contribution in [2.24, 2.45) is 0 Å². The highest BCUT2D eigenvalue weighted by Gasteiger charge is 2.29. The maximum atomic E-state index is 11.4. The molecular weight excluding hydrogens is 212 g/mol. The van der Waals surface area contributed by atoms with Crippen LogP contribution < -0.4 is 0 Å². The molecule has 2 rings (SSSR count). The molecular formula is C11H13ClN2O. The van der Waals surface area contributed by atoms with Gasteiger partial charge in [-0.2, -0.15) is 0 Å². The minimum atomic E-state index is 0.109. The van der Waals surface area contributed by atoms with Gasteiger partial charge in [0.1, 0.15) is 5.15 Å². The first-order chi connectivity index (χ1) is 7.20. The first-order valence-corrected chi connectivity index (χ1v) is 5.45. The third kappa shape index (κ3) is 1.97. The van der Waals surface area contributed by atoms with Crippen molar-refractivity contribution in [1.82, 2.24) is 9.88 Å². The fourth-order valence-corrected chi connectivity index (χ4v) is 2.36. The zero-order valence-electron chi connectivity index (χ0n) is 8.61. The number of likely N-dealkylation sites (tertiary alicyclic amines) is 1. The Balaban J connectivity index is 2.30. The van der Waals surface area contributed by atoms with Gasteiger partial charge in [-0.1, -0.05) is 17.7 Å². The Morgan fingerprint density at radius 1 is 1.67 bits per heavy atom. The molecule has 2 heterocycles. The summed E-state index contributed by atoms with van der Waals surface area (Å²) in [5.41, 5.74) is 0.965. The minimum absolute atomic E-state index is 0.109. The van der Waals surface area contributed by atoms with Gasteiger partial charge in [-0.25, -0.2) is 4.98 Å². The van der Waals surface area contributed by atoms with Crippen LogP contribution in [0.5, 0.6) is 0 Å². The normalized spacial score (nSPS) is 20.7. The van der Waals surface area contributed by atoms with Crippen molar-refractivity contribution in [1.29, 1.82) is 0 Å². The maximum Gasteiger partial charge on any atom is 0.219 e. The highest BCUT2D eigenvalue weighted by atomic mass is 35.5. The molecule has 3 nitrogen and oxygen atoms in total. The number of amides is 1. The summed E-state index contributed by atoms with van der Waals surface area (Å²) in [6.45, 7) is 2.42. The molecule has 4 heteroatoms. The van der Waals surface area contributed by atoms with Gasteiger partial charge < -0.3 is 4.90 Å². The Kier molecular flexibility index (Phi) is 2.91. The lowest BCUT2D eigenvalue weighted by atomic mass is 10.1. The lowest BCUT2D eigenvalue weighted by Crippen LogP contribution is -2.28. The van der Waals surface area contributed by atoms with Crippen molar-refractivity contribution in [3.8, 4) is 0 Å². The molecule has 0 bridgehead atoms. The lowest BCUT2D eigenvalue weighted by molar-refractivity contribution is -0.129. The quantitative estimate of drug-likeness (QED) is 0.687. The van der Waals surface area contributed by atoms with Gasteiger partial charge in [0.15, 0.2) is 0 Å². The molecule has 1 aliphatic rings. The second-order valence-corrected chi connectivity index (χ2v) is 4.11. The molecule has 1 fully saturated rings. The highest BCUT2D eigenvalue weighted by Crippen LogP contribution is 2.34. The van der Waals surface area contributed by atoms with Crippen LogP contribution >= 0.6 is 11.6 Å². The molecule has 1 atom stereocenters. The first kappa shape index (κ1) is 10.4. The second-order valence-electron chi connectivity index (χ2n) is 3.75. The number of carbonyl (C=O) groups is 1. The summed E-state index contributed by atoms with van der Waals surface area (Å²) in [6.07, 6.45) is 3.68. The summed E-state index contributed by atoms with van der Waals surface area (Å²) in [5.74, 6) is 0.109. The topological polar surface area (TPSA) is 33.2 Å². The van der Waals surface area contributed by atoms with E-state index in [0.717, 1.165) is 24.9 Å². The summed E-state index contributed by atoms with van der Waals surface area (Å²) in [7, 11) is 0. The molecule has 0 aromatic carbocycles. The number of rotatable bonds is 1. The molecule has 0 N–H and O–H groups in total. The molecule has 1 amide bonds. The fourth-order valence-electron chi connectivity index (χ4n) is 2.11. The Labute approximate surface area is 94.1 Å². The van der Waals surface area contributed by atoms with Gasteiger partial charge >= 0.3 is 0 Å². The van der Waals surface area contributed by atoms with Crippen LogP contribution in [-0.2, 0) is 4.79 Å². The molecule has 0 radical (unpaired) electrons. The van der Waals surface area contributed by atoms with Crippen LogP contribution in [0.25, 0.3) is 0 Å². The molecule has 0 unspecified atom stereocenters. The Hall–Kier alpha value is -1.09. The number of hydrogen-bond acceptors (Lipinski definition) is 2. The van der Waals surface area contributed by atoms with Gasteiger partial charge in [-0.05, 0) is 18.9 Å². The third-order valence-electron chi connectivity index (χ3n) is 2.80. The Morgan fingerprint density at radius 2 is 2.47 bits per heavy atom. The van der Waals surface area contributed by atoms with Gasteiger partial charge in [0.2, 0.25) is 5.91 Å². The van der Waals surface area contributed by atoms with Gasteiger partial charge in [0, 0.05) is 25.2 Å². The first-order valence-electron chi connectivity index (χ1n) is 5.08. The maximum absolute atomic E-state index is 11.4. The molecule has 1 aromatic rings. The van der Waals surface area contributed by atoms with Crippen LogP contribution in [0, 0.1) is 0 Å². The van der Waals surface area contributed by atoms with Gasteiger partial charge in [-0.3, -0.25) is 4.79 Å². The number of carbonyl (C=O) groups excluding carboxylic acids is 1. The van der Waals surface area contributed by atoms with Gasteiger partial charge in [0.05, 0.1) is 6.04 Å². The monoisotopic (exact) mass is 224 g/mol. The predicted molar refractivity (Wildman–Crippen MR) is 58.6 cm³/mol. The van der Waals surface area contributed by atoms with E-state index in [9.17, 15) is 4.79 Å². The summed E-state index contributed by atoms with van der Waals surface area (Å²) in [4.78, 5) is 17.3. The second kappa shape index (κ2) is 4.19. The molecule has 0 saturated carbocycles. The number of aromatic nitrogens is 1. The largest absolute Gasteiger partial charge is 0.336 e. The van der Waals surface area contributed by atoms with Crippen molar-refractivity contribution >= 4 is 17.5 Å². The van der Waals surface area contributed by atoms with Crippen molar-refractivity contribution in [2.45, 2.75) is 25.8 Å². The molecule has 0 aliphatic carbocycles. The summed E-state index contributed by atoms with van der Waals surface area (Å²) in [6, 6.07) is 3.92. The van der Waals surface area contributed by atoms with E-state index in [1.165, 1.54) is 0 Å². The zero-order chi connectivity index (χ0) is 10.8. The number of hydrogen-bond donors (Lipinski definition) is 0. The van der Waals surface area contributed by atoms with E-state index >= 15 is 0 Å². The predicted octanol–water partition coefficient (Wildman–Crippen LogP) is 2.42. The number of pyridine rings is 1. The van der Waals surface area contributed by atoms with E-state index in [1.54, 1.807) is 13.1 Å². The SMILES string of the molecule is CC(=O)N1CCC[C@H]1c1cccnc1Cl. The van der Waals surface area contributed by atoms with Crippen LogP contribution in [-0.4, -0.2) is 22.3 Å². The highest BCUT2D eigenvalue weighted by molar-refractivity contribution is 6.30. The zero-order valence-corrected chi connectivity index (χ0v) is 9.37. The van der Waals surface area contributed by atoms with Crippen molar-refractivity contribution in [3.05, 3.63) is 29.0 Å². The lowest BCUT2D eigenvalue weighted by Gasteiger charge is -2.23. The van der Waals surface area contributed by atoms with E-state index in [0.29, 0.717) is 5.15 Å².